The molecule has 82 valence electrons. The summed E-state index contributed by atoms with van der Waals surface area (Å²) in [6.45, 7) is 3.60. The van der Waals surface area contributed by atoms with Crippen molar-refractivity contribution >= 4 is 5.91 Å². The van der Waals surface area contributed by atoms with E-state index in [-0.39, 0.29) is 12.5 Å². The number of carbonyl (C=O) groups is 1. The highest BCUT2D eigenvalue weighted by atomic mass is 16.3. The molecule has 1 saturated carbocycles. The SMILES string of the molecule is CCN(CCO)C(=O)CN(C)C1CC1. The van der Waals surface area contributed by atoms with Gasteiger partial charge in [-0.15, -0.1) is 0 Å². The Balaban J connectivity index is 2.29. The molecule has 0 saturated heterocycles. The molecule has 0 unspecified atom stereocenters. The summed E-state index contributed by atoms with van der Waals surface area (Å²) < 4.78 is 0. The van der Waals surface area contributed by atoms with Crippen molar-refractivity contribution in [2.75, 3.05) is 33.3 Å². The van der Waals surface area contributed by atoms with Gasteiger partial charge in [0.15, 0.2) is 0 Å². The predicted octanol–water partition coefficient (Wildman–Crippen LogP) is -0.0786. The Kier molecular flexibility index (Phi) is 4.35. The second kappa shape index (κ2) is 5.32. The third-order valence-corrected chi connectivity index (χ3v) is 2.66. The molecule has 0 radical (unpaired) electrons. The Bertz CT molecular complexity index is 193. The van der Waals surface area contributed by atoms with E-state index in [0.717, 1.165) is 0 Å². The van der Waals surface area contributed by atoms with E-state index in [0.29, 0.717) is 25.7 Å². The lowest BCUT2D eigenvalue weighted by atomic mass is 10.4. The molecule has 1 aliphatic carbocycles. The Morgan fingerprint density at radius 1 is 1.50 bits per heavy atom. The minimum Gasteiger partial charge on any atom is -0.395 e. The zero-order chi connectivity index (χ0) is 10.6. The van der Waals surface area contributed by atoms with Gasteiger partial charge in [-0.25, -0.2) is 0 Å². The van der Waals surface area contributed by atoms with Crippen LogP contribution in [0.1, 0.15) is 19.8 Å². The van der Waals surface area contributed by atoms with Gasteiger partial charge in [0, 0.05) is 19.1 Å². The van der Waals surface area contributed by atoms with Crippen molar-refractivity contribution in [1.82, 2.24) is 9.80 Å². The average Bonchev–Trinajstić information content (AvgIpc) is 2.96. The van der Waals surface area contributed by atoms with Crippen LogP contribution in [0.15, 0.2) is 0 Å². The first-order chi connectivity index (χ1) is 6.69. The molecule has 1 aliphatic rings. The number of nitrogens with zero attached hydrogens (tertiary/aromatic N) is 2. The van der Waals surface area contributed by atoms with Crippen LogP contribution < -0.4 is 0 Å². The van der Waals surface area contributed by atoms with Gasteiger partial charge in [0.05, 0.1) is 13.2 Å². The number of aliphatic hydroxyl groups excluding tert-OH is 1. The highest BCUT2D eigenvalue weighted by molar-refractivity contribution is 5.78. The number of amides is 1. The van der Waals surface area contributed by atoms with Crippen LogP contribution in [0.5, 0.6) is 0 Å². The number of hydrogen-bond acceptors (Lipinski definition) is 3. The standard InChI is InChI=1S/C10H20N2O2/c1-3-12(6-7-13)10(14)8-11(2)9-4-5-9/h9,13H,3-8H2,1-2H3. The molecule has 0 atom stereocenters. The molecule has 4 heteroatoms. The fourth-order valence-corrected chi connectivity index (χ4v) is 1.54. The summed E-state index contributed by atoms with van der Waals surface area (Å²) >= 11 is 0. The fraction of sp³-hybridized carbons (Fsp3) is 0.900. The normalized spacial score (nSPS) is 16.0. The Morgan fingerprint density at radius 3 is 2.57 bits per heavy atom. The molecule has 0 spiro atoms. The molecule has 0 aromatic rings. The van der Waals surface area contributed by atoms with E-state index in [4.69, 9.17) is 5.11 Å². The third-order valence-electron chi connectivity index (χ3n) is 2.66. The molecule has 1 fully saturated rings. The summed E-state index contributed by atoms with van der Waals surface area (Å²) in [5.41, 5.74) is 0. The zero-order valence-electron chi connectivity index (χ0n) is 9.07. The number of rotatable bonds is 6. The highest BCUT2D eigenvalue weighted by Gasteiger charge is 2.28. The van der Waals surface area contributed by atoms with Crippen LogP contribution >= 0.6 is 0 Å². The molecule has 0 aliphatic heterocycles. The van der Waals surface area contributed by atoms with Crippen molar-refractivity contribution in [2.24, 2.45) is 0 Å². The van der Waals surface area contributed by atoms with E-state index in [9.17, 15) is 4.79 Å². The second-order valence-electron chi connectivity index (χ2n) is 3.84. The summed E-state index contributed by atoms with van der Waals surface area (Å²) in [4.78, 5) is 15.5. The molecule has 14 heavy (non-hydrogen) atoms. The molecule has 1 amide bonds. The van der Waals surface area contributed by atoms with Gasteiger partial charge in [0.25, 0.3) is 0 Å². The molecular weight excluding hydrogens is 180 g/mol. The van der Waals surface area contributed by atoms with Crippen LogP contribution in [-0.2, 0) is 4.79 Å². The van der Waals surface area contributed by atoms with Crippen LogP contribution in [0, 0.1) is 0 Å². The second-order valence-corrected chi connectivity index (χ2v) is 3.84. The van der Waals surface area contributed by atoms with E-state index in [2.05, 4.69) is 4.90 Å². The lowest BCUT2D eigenvalue weighted by Gasteiger charge is -2.23. The number of aliphatic hydroxyl groups is 1. The molecule has 0 heterocycles. The first-order valence-electron chi connectivity index (χ1n) is 5.28. The third kappa shape index (κ3) is 3.27. The fourth-order valence-electron chi connectivity index (χ4n) is 1.54. The van der Waals surface area contributed by atoms with Crippen LogP contribution in [0.4, 0.5) is 0 Å². The van der Waals surface area contributed by atoms with Gasteiger partial charge in [-0.2, -0.15) is 0 Å². The van der Waals surface area contributed by atoms with Gasteiger partial charge in [0.1, 0.15) is 0 Å². The minimum absolute atomic E-state index is 0.0483. The topological polar surface area (TPSA) is 43.8 Å². The molecule has 0 bridgehead atoms. The van der Waals surface area contributed by atoms with Gasteiger partial charge >= 0.3 is 0 Å². The molecule has 0 aromatic carbocycles. The number of carbonyl (C=O) groups excluding carboxylic acids is 1. The van der Waals surface area contributed by atoms with E-state index in [1.165, 1.54) is 12.8 Å². The number of hydrogen-bond donors (Lipinski definition) is 1. The van der Waals surface area contributed by atoms with Crippen LogP contribution in [0.2, 0.25) is 0 Å². The Hall–Kier alpha value is -0.610. The van der Waals surface area contributed by atoms with Gasteiger partial charge in [-0.3, -0.25) is 9.69 Å². The maximum atomic E-state index is 11.7. The monoisotopic (exact) mass is 200 g/mol. The zero-order valence-corrected chi connectivity index (χ0v) is 9.07. The highest BCUT2D eigenvalue weighted by Crippen LogP contribution is 2.24. The smallest absolute Gasteiger partial charge is 0.236 e. The molecule has 0 aromatic heterocycles. The van der Waals surface area contributed by atoms with Gasteiger partial charge in [-0.1, -0.05) is 0 Å². The van der Waals surface area contributed by atoms with Gasteiger partial charge in [0.2, 0.25) is 5.91 Å². The number of likely N-dealkylation sites (N-methyl/N-ethyl adjacent to an activating group) is 2. The van der Waals surface area contributed by atoms with Crippen LogP contribution in [-0.4, -0.2) is 60.1 Å². The van der Waals surface area contributed by atoms with Crippen molar-refractivity contribution in [3.05, 3.63) is 0 Å². The largest absolute Gasteiger partial charge is 0.395 e. The molecular formula is C10H20N2O2. The first-order valence-corrected chi connectivity index (χ1v) is 5.28. The summed E-state index contributed by atoms with van der Waals surface area (Å²) in [6.07, 6.45) is 2.44. The lowest BCUT2D eigenvalue weighted by molar-refractivity contribution is -0.132. The van der Waals surface area contributed by atoms with E-state index in [1.54, 1.807) is 4.90 Å². The summed E-state index contributed by atoms with van der Waals surface area (Å²) in [7, 11) is 1.99. The van der Waals surface area contributed by atoms with E-state index < -0.39 is 0 Å². The quantitative estimate of drug-likeness (QED) is 0.652. The summed E-state index contributed by atoms with van der Waals surface area (Å²) in [5, 5.41) is 8.76. The summed E-state index contributed by atoms with van der Waals surface area (Å²) in [6, 6.07) is 0.617. The van der Waals surface area contributed by atoms with Gasteiger partial charge in [-0.05, 0) is 26.8 Å². The molecule has 4 nitrogen and oxygen atoms in total. The van der Waals surface area contributed by atoms with Crippen LogP contribution in [0.3, 0.4) is 0 Å². The van der Waals surface area contributed by atoms with Crippen molar-refractivity contribution in [3.63, 3.8) is 0 Å². The van der Waals surface area contributed by atoms with E-state index in [1.807, 2.05) is 14.0 Å². The van der Waals surface area contributed by atoms with Crippen molar-refractivity contribution in [3.8, 4) is 0 Å². The molecule has 1 rings (SSSR count). The van der Waals surface area contributed by atoms with Crippen molar-refractivity contribution in [1.29, 1.82) is 0 Å². The predicted molar refractivity (Wildman–Crippen MR) is 55.0 cm³/mol. The van der Waals surface area contributed by atoms with Crippen molar-refractivity contribution < 1.29 is 9.90 Å². The Labute approximate surface area is 85.5 Å². The average molecular weight is 200 g/mol. The van der Waals surface area contributed by atoms with Crippen LogP contribution in [0.25, 0.3) is 0 Å². The lowest BCUT2D eigenvalue weighted by Crippen LogP contribution is -2.40. The maximum Gasteiger partial charge on any atom is 0.236 e. The minimum atomic E-state index is 0.0483. The Morgan fingerprint density at radius 2 is 2.14 bits per heavy atom. The maximum absolute atomic E-state index is 11.7. The summed E-state index contributed by atoms with van der Waals surface area (Å²) in [5.74, 6) is 0.121. The first kappa shape index (κ1) is 11.5. The van der Waals surface area contributed by atoms with Gasteiger partial charge < -0.3 is 10.0 Å². The van der Waals surface area contributed by atoms with E-state index >= 15 is 0 Å². The molecule has 1 N–H and O–H groups in total. The van der Waals surface area contributed by atoms with Crippen molar-refractivity contribution in [2.45, 2.75) is 25.8 Å².